The van der Waals surface area contributed by atoms with E-state index >= 15 is 0 Å². The Balaban J connectivity index is 1.56. The minimum atomic E-state index is -0.541. The van der Waals surface area contributed by atoms with Gasteiger partial charge in [-0.2, -0.15) is 0 Å². The van der Waals surface area contributed by atoms with Crippen molar-refractivity contribution in [2.45, 2.75) is 55.5 Å². The molecule has 1 fully saturated rings. The molecule has 3 rings (SSSR count). The molecular formula is C22H27NO3S. The lowest BCUT2D eigenvalue weighted by Crippen LogP contribution is -2.27. The van der Waals surface area contributed by atoms with Crippen molar-refractivity contribution in [3.63, 3.8) is 0 Å². The van der Waals surface area contributed by atoms with Crippen LogP contribution in [0.25, 0.3) is 0 Å². The van der Waals surface area contributed by atoms with Gasteiger partial charge in [0.25, 0.3) is 5.91 Å². The van der Waals surface area contributed by atoms with E-state index in [0.717, 1.165) is 21.9 Å². The highest BCUT2D eigenvalue weighted by Gasteiger charge is 2.19. The second kappa shape index (κ2) is 9.81. The Morgan fingerprint density at radius 3 is 2.74 bits per heavy atom. The Morgan fingerprint density at radius 2 is 1.96 bits per heavy atom. The summed E-state index contributed by atoms with van der Waals surface area (Å²) < 4.78 is 11.0. The molecule has 1 aliphatic carbocycles. The maximum atomic E-state index is 12.6. The van der Waals surface area contributed by atoms with Crippen LogP contribution in [0.2, 0.25) is 0 Å². The average Bonchev–Trinajstić information content (AvgIpc) is 3.21. The number of benzene rings is 2. The van der Waals surface area contributed by atoms with Crippen molar-refractivity contribution in [1.82, 2.24) is 0 Å². The summed E-state index contributed by atoms with van der Waals surface area (Å²) in [4.78, 5) is 13.7. The minimum absolute atomic E-state index is 0.127. The smallest absolute Gasteiger partial charge is 0.253 e. The molecule has 1 amide bonds. The van der Waals surface area contributed by atoms with Gasteiger partial charge in [-0.25, -0.2) is 0 Å². The van der Waals surface area contributed by atoms with Gasteiger partial charge < -0.3 is 14.8 Å². The molecule has 1 unspecified atom stereocenters. The summed E-state index contributed by atoms with van der Waals surface area (Å²) in [5.74, 6) is 0.656. The minimum Gasteiger partial charge on any atom is -0.497 e. The van der Waals surface area contributed by atoms with Crippen LogP contribution in [-0.2, 0) is 16.1 Å². The summed E-state index contributed by atoms with van der Waals surface area (Å²) in [6.07, 6.45) is 4.59. The molecule has 0 spiro atoms. The van der Waals surface area contributed by atoms with Crippen molar-refractivity contribution < 1.29 is 14.3 Å². The SMILES string of the molecule is COc1cccc(COC(C)C(=O)Nc2ccccc2SC2CCCC2)c1. The van der Waals surface area contributed by atoms with Gasteiger partial charge in [-0.3, -0.25) is 4.79 Å². The van der Waals surface area contributed by atoms with E-state index in [1.807, 2.05) is 54.2 Å². The second-order valence-corrected chi connectivity index (χ2v) is 8.16. The topological polar surface area (TPSA) is 47.6 Å². The molecule has 1 N–H and O–H groups in total. The van der Waals surface area contributed by atoms with Gasteiger partial charge >= 0.3 is 0 Å². The fourth-order valence-electron chi connectivity index (χ4n) is 3.15. The van der Waals surface area contributed by atoms with E-state index in [9.17, 15) is 4.79 Å². The van der Waals surface area contributed by atoms with Gasteiger partial charge in [0.2, 0.25) is 0 Å². The molecule has 1 aliphatic rings. The Hall–Kier alpha value is -1.98. The van der Waals surface area contributed by atoms with Crippen LogP contribution in [-0.4, -0.2) is 24.4 Å². The first-order valence-electron chi connectivity index (χ1n) is 9.47. The van der Waals surface area contributed by atoms with Crippen LogP contribution in [0.4, 0.5) is 5.69 Å². The van der Waals surface area contributed by atoms with Crippen molar-refractivity contribution in [1.29, 1.82) is 0 Å². The van der Waals surface area contributed by atoms with Crippen LogP contribution in [0.15, 0.2) is 53.4 Å². The van der Waals surface area contributed by atoms with E-state index in [-0.39, 0.29) is 5.91 Å². The highest BCUT2D eigenvalue weighted by atomic mass is 32.2. The first-order chi connectivity index (χ1) is 13.2. The number of anilines is 1. The third-order valence-electron chi connectivity index (χ3n) is 4.74. The normalized spacial score (nSPS) is 15.5. The molecule has 0 aliphatic heterocycles. The predicted molar refractivity (Wildman–Crippen MR) is 110 cm³/mol. The first-order valence-corrected chi connectivity index (χ1v) is 10.3. The zero-order valence-electron chi connectivity index (χ0n) is 15.9. The largest absolute Gasteiger partial charge is 0.497 e. The van der Waals surface area contributed by atoms with E-state index in [4.69, 9.17) is 9.47 Å². The fraction of sp³-hybridized carbons (Fsp3) is 0.409. The monoisotopic (exact) mass is 385 g/mol. The van der Waals surface area contributed by atoms with E-state index in [1.54, 1.807) is 14.0 Å². The van der Waals surface area contributed by atoms with E-state index in [1.165, 1.54) is 25.7 Å². The number of carbonyl (C=O) groups is 1. The van der Waals surface area contributed by atoms with Gasteiger partial charge in [0.05, 0.1) is 19.4 Å². The van der Waals surface area contributed by atoms with Gasteiger partial charge in [-0.05, 0) is 49.6 Å². The van der Waals surface area contributed by atoms with Crippen LogP contribution in [0.1, 0.15) is 38.2 Å². The summed E-state index contributed by atoms with van der Waals surface area (Å²) >= 11 is 1.88. The summed E-state index contributed by atoms with van der Waals surface area (Å²) in [6.45, 7) is 2.15. The molecule has 5 heteroatoms. The number of carbonyl (C=O) groups excluding carboxylic acids is 1. The second-order valence-electron chi connectivity index (χ2n) is 6.81. The van der Waals surface area contributed by atoms with E-state index in [0.29, 0.717) is 11.9 Å². The summed E-state index contributed by atoms with van der Waals surface area (Å²) in [6, 6.07) is 15.7. The third-order valence-corrected chi connectivity index (χ3v) is 6.16. The van der Waals surface area contributed by atoms with Crippen molar-refractivity contribution in [2.24, 2.45) is 0 Å². The van der Waals surface area contributed by atoms with Gasteiger partial charge in [0, 0.05) is 10.1 Å². The molecule has 1 saturated carbocycles. The molecule has 2 aromatic rings. The van der Waals surface area contributed by atoms with Gasteiger partial charge in [-0.15, -0.1) is 11.8 Å². The van der Waals surface area contributed by atoms with Gasteiger partial charge in [0.1, 0.15) is 11.9 Å². The molecular weight excluding hydrogens is 358 g/mol. The van der Waals surface area contributed by atoms with E-state index in [2.05, 4.69) is 11.4 Å². The van der Waals surface area contributed by atoms with Crippen molar-refractivity contribution in [3.8, 4) is 5.75 Å². The standard InChI is InChI=1S/C22H27NO3S/c1-16(26-15-17-8-7-9-18(14-17)25-2)22(24)23-20-12-5-6-13-21(20)27-19-10-3-4-11-19/h5-9,12-14,16,19H,3-4,10-11,15H2,1-2H3,(H,23,24). The number of thioether (sulfide) groups is 1. The average molecular weight is 386 g/mol. The van der Waals surface area contributed by atoms with Gasteiger partial charge in [-0.1, -0.05) is 37.1 Å². The lowest BCUT2D eigenvalue weighted by atomic mass is 10.2. The Bertz CT molecular complexity index is 759. The zero-order valence-corrected chi connectivity index (χ0v) is 16.8. The van der Waals surface area contributed by atoms with Crippen molar-refractivity contribution in [3.05, 3.63) is 54.1 Å². The van der Waals surface area contributed by atoms with Crippen LogP contribution in [0, 0.1) is 0 Å². The molecule has 0 radical (unpaired) electrons. The number of amides is 1. The fourth-order valence-corrected chi connectivity index (χ4v) is 4.48. The van der Waals surface area contributed by atoms with Crippen molar-refractivity contribution in [2.75, 3.05) is 12.4 Å². The highest BCUT2D eigenvalue weighted by molar-refractivity contribution is 8.00. The molecule has 0 bridgehead atoms. The molecule has 0 saturated heterocycles. The highest BCUT2D eigenvalue weighted by Crippen LogP contribution is 2.38. The van der Waals surface area contributed by atoms with Crippen LogP contribution in [0.3, 0.4) is 0 Å². The maximum absolute atomic E-state index is 12.6. The summed E-state index contributed by atoms with van der Waals surface area (Å²) in [7, 11) is 1.64. The molecule has 1 atom stereocenters. The number of para-hydroxylation sites is 1. The molecule has 144 valence electrons. The summed E-state index contributed by atoms with van der Waals surface area (Å²) in [5.41, 5.74) is 1.85. The predicted octanol–water partition coefficient (Wildman–Crippen LogP) is 5.27. The van der Waals surface area contributed by atoms with E-state index < -0.39 is 6.10 Å². The zero-order chi connectivity index (χ0) is 19.1. The number of hydrogen-bond acceptors (Lipinski definition) is 4. The number of hydrogen-bond donors (Lipinski definition) is 1. The van der Waals surface area contributed by atoms with Crippen LogP contribution < -0.4 is 10.1 Å². The summed E-state index contributed by atoms with van der Waals surface area (Å²) in [5, 5.41) is 3.69. The molecule has 2 aromatic carbocycles. The lowest BCUT2D eigenvalue weighted by molar-refractivity contribution is -0.127. The third kappa shape index (κ3) is 5.75. The van der Waals surface area contributed by atoms with Crippen molar-refractivity contribution >= 4 is 23.4 Å². The van der Waals surface area contributed by atoms with Crippen LogP contribution >= 0.6 is 11.8 Å². The number of ether oxygens (including phenoxy) is 2. The molecule has 0 heterocycles. The van der Waals surface area contributed by atoms with Crippen LogP contribution in [0.5, 0.6) is 5.75 Å². The molecule has 0 aromatic heterocycles. The number of nitrogens with one attached hydrogen (secondary N) is 1. The number of methoxy groups -OCH3 is 1. The maximum Gasteiger partial charge on any atom is 0.253 e. The first kappa shape index (κ1) is 19.8. The van der Waals surface area contributed by atoms with Gasteiger partial charge in [0.15, 0.2) is 0 Å². The lowest BCUT2D eigenvalue weighted by Gasteiger charge is -2.17. The molecule has 4 nitrogen and oxygen atoms in total. The Morgan fingerprint density at radius 1 is 1.19 bits per heavy atom. The Labute approximate surface area is 165 Å². The Kier molecular flexibility index (Phi) is 7.18. The quantitative estimate of drug-likeness (QED) is 0.672. The number of rotatable bonds is 8. The molecule has 27 heavy (non-hydrogen) atoms.